The number of nitrogens with zero attached hydrogens (tertiary/aromatic N) is 1. The molecular formula is C13H17NS. The molecule has 1 unspecified atom stereocenters. The maximum absolute atomic E-state index is 4.66. The Hall–Kier alpha value is -0.890. The third kappa shape index (κ3) is 2.20. The molecule has 0 spiro atoms. The molecule has 0 fully saturated rings. The van der Waals surface area contributed by atoms with E-state index in [1.54, 1.807) is 0 Å². The van der Waals surface area contributed by atoms with Crippen LogP contribution in [0.1, 0.15) is 31.6 Å². The summed E-state index contributed by atoms with van der Waals surface area (Å²) in [5.41, 5.74) is 1.29. The Bertz CT molecular complexity index is 433. The van der Waals surface area contributed by atoms with Crippen LogP contribution in [0.5, 0.6) is 0 Å². The summed E-state index contributed by atoms with van der Waals surface area (Å²) < 4.78 is 2.26. The summed E-state index contributed by atoms with van der Waals surface area (Å²) in [6, 6.07) is 10.6. The van der Waals surface area contributed by atoms with Gasteiger partial charge in [-0.05, 0) is 23.9 Å². The molecule has 0 aliphatic heterocycles. The molecule has 80 valence electrons. The van der Waals surface area contributed by atoms with Gasteiger partial charge < -0.3 is 4.57 Å². The van der Waals surface area contributed by atoms with E-state index in [1.165, 1.54) is 23.7 Å². The van der Waals surface area contributed by atoms with E-state index < -0.39 is 0 Å². The first kappa shape index (κ1) is 10.6. The molecule has 0 bridgehead atoms. The SMILES string of the molecule is CCCCC(S)n1ccc2ccccc21. The van der Waals surface area contributed by atoms with Crippen LogP contribution in [0.2, 0.25) is 0 Å². The van der Waals surface area contributed by atoms with Crippen molar-refractivity contribution in [1.29, 1.82) is 0 Å². The molecule has 0 N–H and O–H groups in total. The quantitative estimate of drug-likeness (QED) is 0.733. The zero-order chi connectivity index (χ0) is 10.7. The molecule has 2 aromatic rings. The summed E-state index contributed by atoms with van der Waals surface area (Å²) in [5.74, 6) is 0. The zero-order valence-electron chi connectivity index (χ0n) is 9.06. The van der Waals surface area contributed by atoms with Gasteiger partial charge in [0.25, 0.3) is 0 Å². The number of aromatic nitrogens is 1. The number of benzene rings is 1. The Morgan fingerprint density at radius 1 is 1.27 bits per heavy atom. The fourth-order valence-corrected chi connectivity index (χ4v) is 2.27. The molecular weight excluding hydrogens is 202 g/mol. The van der Waals surface area contributed by atoms with Crippen LogP contribution in [-0.2, 0) is 0 Å². The topological polar surface area (TPSA) is 4.93 Å². The van der Waals surface area contributed by atoms with Crippen LogP contribution in [0, 0.1) is 0 Å². The van der Waals surface area contributed by atoms with Gasteiger partial charge in [0.05, 0.1) is 5.37 Å². The Morgan fingerprint density at radius 3 is 2.87 bits per heavy atom. The number of para-hydroxylation sites is 1. The van der Waals surface area contributed by atoms with Crippen LogP contribution in [0.3, 0.4) is 0 Å². The molecule has 1 atom stereocenters. The maximum atomic E-state index is 4.66. The lowest BCUT2D eigenvalue weighted by atomic mass is 10.2. The fraction of sp³-hybridized carbons (Fsp3) is 0.385. The molecule has 0 radical (unpaired) electrons. The lowest BCUT2D eigenvalue weighted by Gasteiger charge is -2.13. The van der Waals surface area contributed by atoms with Crippen LogP contribution in [0.25, 0.3) is 10.9 Å². The van der Waals surface area contributed by atoms with Crippen molar-refractivity contribution in [3.05, 3.63) is 36.5 Å². The second kappa shape index (κ2) is 4.75. The standard InChI is InChI=1S/C13H17NS/c1-2-3-8-13(15)14-10-9-11-6-4-5-7-12(11)14/h4-7,9-10,13,15H,2-3,8H2,1H3. The van der Waals surface area contributed by atoms with Gasteiger partial charge in [0, 0.05) is 11.7 Å². The van der Waals surface area contributed by atoms with Crippen LogP contribution in [-0.4, -0.2) is 4.57 Å². The minimum Gasteiger partial charge on any atom is -0.335 e. The van der Waals surface area contributed by atoms with Crippen LogP contribution < -0.4 is 0 Å². The molecule has 0 aliphatic carbocycles. The minimum absolute atomic E-state index is 0.310. The van der Waals surface area contributed by atoms with Gasteiger partial charge in [-0.25, -0.2) is 0 Å². The molecule has 2 heteroatoms. The molecule has 0 amide bonds. The zero-order valence-corrected chi connectivity index (χ0v) is 9.95. The van der Waals surface area contributed by atoms with Gasteiger partial charge in [0.2, 0.25) is 0 Å². The molecule has 1 nitrogen and oxygen atoms in total. The summed E-state index contributed by atoms with van der Waals surface area (Å²) in [7, 11) is 0. The van der Waals surface area contributed by atoms with E-state index in [2.05, 4.69) is 60.6 Å². The molecule has 0 saturated carbocycles. The van der Waals surface area contributed by atoms with Crippen molar-refractivity contribution in [3.8, 4) is 0 Å². The summed E-state index contributed by atoms with van der Waals surface area (Å²) in [6.45, 7) is 2.22. The van der Waals surface area contributed by atoms with Crippen molar-refractivity contribution in [2.24, 2.45) is 0 Å². The van der Waals surface area contributed by atoms with Gasteiger partial charge in [-0.3, -0.25) is 0 Å². The summed E-state index contributed by atoms with van der Waals surface area (Å²) in [4.78, 5) is 0. The highest BCUT2D eigenvalue weighted by molar-refractivity contribution is 7.80. The van der Waals surface area contributed by atoms with Crippen LogP contribution >= 0.6 is 12.6 Å². The largest absolute Gasteiger partial charge is 0.335 e. The van der Waals surface area contributed by atoms with E-state index in [1.807, 2.05) is 0 Å². The molecule has 1 aromatic heterocycles. The molecule has 2 rings (SSSR count). The van der Waals surface area contributed by atoms with Crippen molar-refractivity contribution >= 4 is 23.5 Å². The molecule has 1 aromatic carbocycles. The molecule has 0 saturated heterocycles. The van der Waals surface area contributed by atoms with Crippen LogP contribution in [0.4, 0.5) is 0 Å². The fourth-order valence-electron chi connectivity index (χ4n) is 1.89. The van der Waals surface area contributed by atoms with E-state index in [0.717, 1.165) is 6.42 Å². The average Bonchev–Trinajstić information content (AvgIpc) is 2.69. The van der Waals surface area contributed by atoms with Crippen molar-refractivity contribution in [2.45, 2.75) is 31.6 Å². The highest BCUT2D eigenvalue weighted by Crippen LogP contribution is 2.25. The van der Waals surface area contributed by atoms with Gasteiger partial charge in [-0.1, -0.05) is 38.0 Å². The summed E-state index contributed by atoms with van der Waals surface area (Å²) >= 11 is 4.66. The monoisotopic (exact) mass is 219 g/mol. The van der Waals surface area contributed by atoms with E-state index in [-0.39, 0.29) is 0 Å². The molecule has 1 heterocycles. The van der Waals surface area contributed by atoms with Gasteiger partial charge in [-0.2, -0.15) is 12.6 Å². The Labute approximate surface area is 96.5 Å². The third-order valence-electron chi connectivity index (χ3n) is 2.77. The smallest absolute Gasteiger partial charge is 0.0764 e. The maximum Gasteiger partial charge on any atom is 0.0764 e. The number of fused-ring (bicyclic) bond motifs is 1. The van der Waals surface area contributed by atoms with Crippen molar-refractivity contribution < 1.29 is 0 Å². The van der Waals surface area contributed by atoms with Gasteiger partial charge in [-0.15, -0.1) is 0 Å². The van der Waals surface area contributed by atoms with Crippen LogP contribution in [0.15, 0.2) is 36.5 Å². The van der Waals surface area contributed by atoms with E-state index in [9.17, 15) is 0 Å². The summed E-state index contributed by atoms with van der Waals surface area (Å²) in [5, 5.41) is 1.61. The molecule has 15 heavy (non-hydrogen) atoms. The Balaban J connectivity index is 2.27. The normalized spacial score (nSPS) is 13.2. The van der Waals surface area contributed by atoms with Gasteiger partial charge >= 0.3 is 0 Å². The van der Waals surface area contributed by atoms with E-state index >= 15 is 0 Å². The third-order valence-corrected chi connectivity index (χ3v) is 3.27. The first-order valence-electron chi connectivity index (χ1n) is 5.56. The predicted molar refractivity (Wildman–Crippen MR) is 69.5 cm³/mol. The van der Waals surface area contributed by atoms with E-state index in [4.69, 9.17) is 0 Å². The van der Waals surface area contributed by atoms with E-state index in [0.29, 0.717) is 5.37 Å². The highest BCUT2D eigenvalue weighted by Gasteiger charge is 2.07. The second-order valence-corrected chi connectivity index (χ2v) is 4.50. The lowest BCUT2D eigenvalue weighted by molar-refractivity contribution is 0.604. The van der Waals surface area contributed by atoms with Crippen molar-refractivity contribution in [3.63, 3.8) is 0 Å². The Kier molecular flexibility index (Phi) is 3.37. The predicted octanol–water partition coefficient (Wildman–Crippen LogP) is 4.26. The first-order chi connectivity index (χ1) is 7.33. The second-order valence-electron chi connectivity index (χ2n) is 3.90. The van der Waals surface area contributed by atoms with Crippen molar-refractivity contribution in [2.75, 3.05) is 0 Å². The van der Waals surface area contributed by atoms with Crippen molar-refractivity contribution in [1.82, 2.24) is 4.57 Å². The number of hydrogen-bond acceptors (Lipinski definition) is 1. The minimum atomic E-state index is 0.310. The number of hydrogen-bond donors (Lipinski definition) is 1. The highest BCUT2D eigenvalue weighted by atomic mass is 32.1. The molecule has 0 aliphatic rings. The number of unbranched alkanes of at least 4 members (excludes halogenated alkanes) is 1. The average molecular weight is 219 g/mol. The number of rotatable bonds is 4. The van der Waals surface area contributed by atoms with Gasteiger partial charge in [0.15, 0.2) is 0 Å². The first-order valence-corrected chi connectivity index (χ1v) is 6.08. The Morgan fingerprint density at radius 2 is 2.07 bits per heavy atom. The van der Waals surface area contributed by atoms with Gasteiger partial charge in [0.1, 0.15) is 0 Å². The number of thiol groups is 1. The summed E-state index contributed by atoms with van der Waals surface area (Å²) in [6.07, 6.45) is 5.74. The lowest BCUT2D eigenvalue weighted by Crippen LogP contribution is -2.00.